The number of rotatable bonds is 5. The molecule has 2 rings (SSSR count). The summed E-state index contributed by atoms with van der Waals surface area (Å²) < 4.78 is 23.3. The maximum Gasteiger partial charge on any atom is 0.253 e. The molecule has 0 bridgehead atoms. The number of benzene rings is 2. The minimum atomic E-state index is -0.485. The second kappa shape index (κ2) is 7.13. The van der Waals surface area contributed by atoms with Gasteiger partial charge in [-0.05, 0) is 35.9 Å². The fraction of sp³-hybridized carbons (Fsp3) is 0.188. The van der Waals surface area contributed by atoms with E-state index in [2.05, 4.69) is 5.32 Å². The quantitative estimate of drug-likeness (QED) is 0.917. The van der Waals surface area contributed by atoms with Crippen LogP contribution in [0.2, 0.25) is 5.02 Å². The maximum absolute atomic E-state index is 13.0. The lowest BCUT2D eigenvalue weighted by molar-refractivity contribution is 0.0951. The van der Waals surface area contributed by atoms with Crippen molar-refractivity contribution in [3.63, 3.8) is 0 Å². The van der Waals surface area contributed by atoms with E-state index in [0.717, 1.165) is 11.6 Å². The molecule has 1 N–H and O–H groups in total. The number of hydrogen-bond donors (Lipinski definition) is 1. The van der Waals surface area contributed by atoms with E-state index in [-0.39, 0.29) is 23.0 Å². The number of carbonyl (C=O) groups is 1. The SMILES string of the molecule is COc1ccc(CNC(=O)c2ccc(F)cc2Cl)cc1OC. The molecule has 1 amide bonds. The van der Waals surface area contributed by atoms with Crippen molar-refractivity contribution in [2.75, 3.05) is 14.2 Å². The maximum atomic E-state index is 13.0. The minimum Gasteiger partial charge on any atom is -0.493 e. The molecular weight excluding hydrogens is 309 g/mol. The Morgan fingerprint density at radius 1 is 1.14 bits per heavy atom. The van der Waals surface area contributed by atoms with E-state index in [0.29, 0.717) is 11.5 Å². The fourth-order valence-electron chi connectivity index (χ4n) is 1.94. The van der Waals surface area contributed by atoms with Gasteiger partial charge in [0.2, 0.25) is 0 Å². The fourth-order valence-corrected chi connectivity index (χ4v) is 2.19. The van der Waals surface area contributed by atoms with E-state index in [9.17, 15) is 9.18 Å². The van der Waals surface area contributed by atoms with Crippen LogP contribution in [0.15, 0.2) is 36.4 Å². The predicted molar refractivity (Wildman–Crippen MR) is 82.1 cm³/mol. The van der Waals surface area contributed by atoms with Crippen molar-refractivity contribution in [2.24, 2.45) is 0 Å². The van der Waals surface area contributed by atoms with Gasteiger partial charge in [-0.2, -0.15) is 0 Å². The van der Waals surface area contributed by atoms with Crippen molar-refractivity contribution in [3.8, 4) is 11.5 Å². The molecule has 4 nitrogen and oxygen atoms in total. The van der Waals surface area contributed by atoms with Gasteiger partial charge in [0.15, 0.2) is 11.5 Å². The normalized spacial score (nSPS) is 10.2. The molecule has 0 aliphatic heterocycles. The Hall–Kier alpha value is -2.27. The Bertz CT molecular complexity index is 691. The number of hydrogen-bond acceptors (Lipinski definition) is 3. The highest BCUT2D eigenvalue weighted by Crippen LogP contribution is 2.27. The lowest BCUT2D eigenvalue weighted by Gasteiger charge is -2.11. The molecule has 6 heteroatoms. The summed E-state index contributed by atoms with van der Waals surface area (Å²) in [5, 5.41) is 2.80. The van der Waals surface area contributed by atoms with E-state index in [4.69, 9.17) is 21.1 Å². The standard InChI is InChI=1S/C16H15ClFNO3/c1-21-14-6-3-10(7-15(14)22-2)9-19-16(20)12-5-4-11(18)8-13(12)17/h3-8H,9H2,1-2H3,(H,19,20). The highest BCUT2D eigenvalue weighted by molar-refractivity contribution is 6.33. The molecule has 0 spiro atoms. The van der Waals surface area contributed by atoms with Crippen LogP contribution >= 0.6 is 11.6 Å². The summed E-state index contributed by atoms with van der Waals surface area (Å²) in [5.41, 5.74) is 1.06. The minimum absolute atomic E-state index is 0.0739. The van der Waals surface area contributed by atoms with Gasteiger partial charge in [0.05, 0.1) is 24.8 Å². The molecule has 22 heavy (non-hydrogen) atoms. The van der Waals surface area contributed by atoms with Crippen molar-refractivity contribution in [2.45, 2.75) is 6.54 Å². The summed E-state index contributed by atoms with van der Waals surface area (Å²) in [6.07, 6.45) is 0. The van der Waals surface area contributed by atoms with Crippen LogP contribution in [0.5, 0.6) is 11.5 Å². The van der Waals surface area contributed by atoms with Gasteiger partial charge in [-0.1, -0.05) is 17.7 Å². The van der Waals surface area contributed by atoms with Crippen molar-refractivity contribution in [3.05, 3.63) is 58.4 Å². The average molecular weight is 324 g/mol. The van der Waals surface area contributed by atoms with Crippen LogP contribution in [0.4, 0.5) is 4.39 Å². The molecule has 2 aromatic rings. The third kappa shape index (κ3) is 3.68. The molecule has 0 saturated heterocycles. The molecule has 0 heterocycles. The molecule has 0 aliphatic carbocycles. The lowest BCUT2D eigenvalue weighted by atomic mass is 10.1. The lowest BCUT2D eigenvalue weighted by Crippen LogP contribution is -2.23. The van der Waals surface area contributed by atoms with Crippen LogP contribution < -0.4 is 14.8 Å². The van der Waals surface area contributed by atoms with Crippen molar-refractivity contribution < 1.29 is 18.7 Å². The molecule has 0 radical (unpaired) electrons. The molecule has 0 aromatic heterocycles. The van der Waals surface area contributed by atoms with E-state index in [1.54, 1.807) is 26.4 Å². The second-order valence-corrected chi connectivity index (χ2v) is 4.90. The van der Waals surface area contributed by atoms with Crippen LogP contribution in [0.25, 0.3) is 0 Å². The molecule has 0 aliphatic rings. The monoisotopic (exact) mass is 323 g/mol. The molecular formula is C16H15ClFNO3. The van der Waals surface area contributed by atoms with Gasteiger partial charge < -0.3 is 14.8 Å². The highest BCUT2D eigenvalue weighted by atomic mass is 35.5. The Labute approximate surface area is 132 Å². The number of halogens is 2. The van der Waals surface area contributed by atoms with Crippen LogP contribution in [0.3, 0.4) is 0 Å². The number of amides is 1. The van der Waals surface area contributed by atoms with Crippen LogP contribution in [-0.4, -0.2) is 20.1 Å². The number of methoxy groups -OCH3 is 2. The Morgan fingerprint density at radius 2 is 1.86 bits per heavy atom. The first-order chi connectivity index (χ1) is 10.5. The Morgan fingerprint density at radius 3 is 2.50 bits per heavy atom. The molecule has 116 valence electrons. The summed E-state index contributed by atoms with van der Waals surface area (Å²) in [7, 11) is 3.09. The largest absolute Gasteiger partial charge is 0.493 e. The van der Waals surface area contributed by atoms with E-state index in [1.807, 2.05) is 6.07 Å². The third-order valence-corrected chi connectivity index (χ3v) is 3.39. The molecule has 0 saturated carbocycles. The zero-order valence-electron chi connectivity index (χ0n) is 12.2. The number of ether oxygens (including phenoxy) is 2. The van der Waals surface area contributed by atoms with Crippen LogP contribution in [-0.2, 0) is 6.54 Å². The van der Waals surface area contributed by atoms with Crippen molar-refractivity contribution >= 4 is 17.5 Å². The molecule has 0 unspecified atom stereocenters. The molecule has 0 atom stereocenters. The van der Waals surface area contributed by atoms with E-state index in [1.165, 1.54) is 12.1 Å². The Kier molecular flexibility index (Phi) is 5.22. The van der Waals surface area contributed by atoms with E-state index >= 15 is 0 Å². The highest BCUT2D eigenvalue weighted by Gasteiger charge is 2.11. The zero-order valence-corrected chi connectivity index (χ0v) is 12.9. The molecule has 2 aromatic carbocycles. The molecule has 0 fully saturated rings. The number of nitrogens with one attached hydrogen (secondary N) is 1. The topological polar surface area (TPSA) is 47.6 Å². The summed E-state index contributed by atoms with van der Waals surface area (Å²) in [4.78, 5) is 12.1. The van der Waals surface area contributed by atoms with Crippen LogP contribution in [0.1, 0.15) is 15.9 Å². The third-order valence-electron chi connectivity index (χ3n) is 3.08. The van der Waals surface area contributed by atoms with Gasteiger partial charge in [-0.3, -0.25) is 4.79 Å². The summed E-state index contributed by atoms with van der Waals surface area (Å²) in [5.74, 6) is 0.328. The van der Waals surface area contributed by atoms with Crippen molar-refractivity contribution in [1.29, 1.82) is 0 Å². The summed E-state index contributed by atoms with van der Waals surface area (Å²) >= 11 is 5.86. The van der Waals surface area contributed by atoms with Gasteiger partial charge in [-0.25, -0.2) is 4.39 Å². The van der Waals surface area contributed by atoms with E-state index < -0.39 is 5.82 Å². The smallest absolute Gasteiger partial charge is 0.253 e. The van der Waals surface area contributed by atoms with Gasteiger partial charge >= 0.3 is 0 Å². The van der Waals surface area contributed by atoms with Gasteiger partial charge in [0, 0.05) is 6.54 Å². The second-order valence-electron chi connectivity index (χ2n) is 4.50. The first-order valence-corrected chi connectivity index (χ1v) is 6.87. The van der Waals surface area contributed by atoms with Gasteiger partial charge in [0.25, 0.3) is 5.91 Å². The van der Waals surface area contributed by atoms with Gasteiger partial charge in [0.1, 0.15) is 5.82 Å². The van der Waals surface area contributed by atoms with Crippen LogP contribution in [0, 0.1) is 5.82 Å². The summed E-state index contributed by atoms with van der Waals surface area (Å²) in [6.45, 7) is 0.285. The first kappa shape index (κ1) is 16.1. The predicted octanol–water partition coefficient (Wildman–Crippen LogP) is 3.43. The summed E-state index contributed by atoms with van der Waals surface area (Å²) in [6, 6.07) is 8.98. The first-order valence-electron chi connectivity index (χ1n) is 6.49. The zero-order chi connectivity index (χ0) is 16.1. The van der Waals surface area contributed by atoms with Crippen molar-refractivity contribution in [1.82, 2.24) is 5.32 Å². The number of carbonyl (C=O) groups excluding carboxylic acids is 1. The van der Waals surface area contributed by atoms with Gasteiger partial charge in [-0.15, -0.1) is 0 Å². The average Bonchev–Trinajstić information content (AvgIpc) is 2.52. The Balaban J connectivity index is 2.08.